The monoisotopic (exact) mass is 284 g/mol. The van der Waals surface area contributed by atoms with Crippen LogP contribution in [0.25, 0.3) is 0 Å². The van der Waals surface area contributed by atoms with Crippen molar-refractivity contribution in [3.63, 3.8) is 0 Å². The lowest BCUT2D eigenvalue weighted by atomic mass is 10.1. The lowest BCUT2D eigenvalue weighted by molar-refractivity contribution is 0.0471. The van der Waals surface area contributed by atoms with Crippen LogP contribution in [0.15, 0.2) is 36.4 Å². The van der Waals surface area contributed by atoms with Crippen molar-refractivity contribution in [2.75, 3.05) is 5.73 Å². The molecule has 0 amide bonds. The molecule has 2 rings (SSSR count). The third-order valence-electron chi connectivity index (χ3n) is 3.14. The minimum atomic E-state index is -0.562. The van der Waals surface area contributed by atoms with Gasteiger partial charge in [-0.2, -0.15) is 5.26 Å². The molecule has 0 aliphatic carbocycles. The Hall–Kier alpha value is -2.87. The van der Waals surface area contributed by atoms with Crippen LogP contribution in [0.4, 0.5) is 10.1 Å². The number of halogens is 1. The summed E-state index contributed by atoms with van der Waals surface area (Å²) in [6.45, 7) is 1.54. The van der Waals surface area contributed by atoms with E-state index in [0.29, 0.717) is 22.4 Å². The number of nitrogen functional groups attached to an aromatic ring is 1. The molecule has 0 saturated carbocycles. The number of carbonyl (C=O) groups is 1. The number of ether oxygens (including phenoxy) is 1. The highest BCUT2D eigenvalue weighted by Crippen LogP contribution is 2.18. The van der Waals surface area contributed by atoms with Gasteiger partial charge in [-0.15, -0.1) is 0 Å². The summed E-state index contributed by atoms with van der Waals surface area (Å²) in [5, 5.41) is 8.94. The van der Waals surface area contributed by atoms with E-state index < -0.39 is 11.8 Å². The van der Waals surface area contributed by atoms with E-state index in [1.165, 1.54) is 18.2 Å². The summed E-state index contributed by atoms with van der Waals surface area (Å²) in [5.74, 6) is -1.05. The largest absolute Gasteiger partial charge is 0.457 e. The van der Waals surface area contributed by atoms with Crippen LogP contribution in [0.2, 0.25) is 0 Å². The molecule has 0 unspecified atom stereocenters. The second-order valence-electron chi connectivity index (χ2n) is 4.51. The zero-order chi connectivity index (χ0) is 15.4. The van der Waals surface area contributed by atoms with Crippen LogP contribution in [0, 0.1) is 24.1 Å². The molecule has 2 aromatic carbocycles. The maximum Gasteiger partial charge on any atom is 0.338 e. The van der Waals surface area contributed by atoms with Crippen LogP contribution in [-0.2, 0) is 11.3 Å². The first-order valence-electron chi connectivity index (χ1n) is 6.23. The highest BCUT2D eigenvalue weighted by Gasteiger charge is 2.13. The fourth-order valence-electron chi connectivity index (χ4n) is 1.89. The average Bonchev–Trinajstić information content (AvgIpc) is 2.47. The molecule has 0 atom stereocenters. The maximum atomic E-state index is 13.2. The van der Waals surface area contributed by atoms with Crippen molar-refractivity contribution in [1.29, 1.82) is 5.26 Å². The molecule has 5 heteroatoms. The quantitative estimate of drug-likeness (QED) is 0.694. The molecule has 106 valence electrons. The van der Waals surface area contributed by atoms with Gasteiger partial charge in [-0.3, -0.25) is 0 Å². The van der Waals surface area contributed by atoms with Crippen molar-refractivity contribution in [1.82, 2.24) is 0 Å². The third kappa shape index (κ3) is 3.18. The normalized spacial score (nSPS) is 9.95. The Kier molecular flexibility index (Phi) is 4.19. The van der Waals surface area contributed by atoms with E-state index in [4.69, 9.17) is 15.7 Å². The SMILES string of the molecule is Cc1c(N)cccc1C(=O)OCc1cc(F)ccc1C#N. The molecule has 0 radical (unpaired) electrons. The predicted molar refractivity (Wildman–Crippen MR) is 75.8 cm³/mol. The van der Waals surface area contributed by atoms with E-state index >= 15 is 0 Å². The molecular formula is C16H13FN2O2. The molecule has 2 aromatic rings. The standard InChI is InChI=1S/C16H13FN2O2/c1-10-14(3-2-4-15(10)19)16(20)21-9-12-7-13(17)6-5-11(12)8-18/h2-7H,9,19H2,1H3. The number of anilines is 1. The molecule has 4 nitrogen and oxygen atoms in total. The van der Waals surface area contributed by atoms with E-state index in [0.717, 1.165) is 0 Å². The lowest BCUT2D eigenvalue weighted by Crippen LogP contribution is -2.09. The van der Waals surface area contributed by atoms with Gasteiger partial charge in [0.25, 0.3) is 0 Å². The maximum absolute atomic E-state index is 13.2. The number of hydrogen-bond acceptors (Lipinski definition) is 4. The predicted octanol–water partition coefficient (Wildman–Crippen LogP) is 2.95. The number of rotatable bonds is 3. The first kappa shape index (κ1) is 14.5. The summed E-state index contributed by atoms with van der Waals surface area (Å²) in [6, 6.07) is 10.6. The number of benzene rings is 2. The van der Waals surface area contributed by atoms with Gasteiger partial charge in [-0.1, -0.05) is 6.07 Å². The Morgan fingerprint density at radius 3 is 2.86 bits per heavy atom. The van der Waals surface area contributed by atoms with E-state index in [-0.39, 0.29) is 12.2 Å². The van der Waals surface area contributed by atoms with Crippen LogP contribution >= 0.6 is 0 Å². The molecule has 0 aromatic heterocycles. The summed E-state index contributed by atoms with van der Waals surface area (Å²) < 4.78 is 18.3. The lowest BCUT2D eigenvalue weighted by Gasteiger charge is -2.09. The summed E-state index contributed by atoms with van der Waals surface area (Å²) in [4.78, 5) is 12.0. The van der Waals surface area contributed by atoms with Crippen molar-refractivity contribution in [3.8, 4) is 6.07 Å². The van der Waals surface area contributed by atoms with Crippen molar-refractivity contribution in [2.24, 2.45) is 0 Å². The van der Waals surface area contributed by atoms with E-state index in [1.807, 2.05) is 6.07 Å². The number of nitrogens with two attached hydrogens (primary N) is 1. The Morgan fingerprint density at radius 2 is 2.14 bits per heavy atom. The van der Waals surface area contributed by atoms with Crippen molar-refractivity contribution < 1.29 is 13.9 Å². The average molecular weight is 284 g/mol. The van der Waals surface area contributed by atoms with E-state index in [2.05, 4.69) is 0 Å². The first-order chi connectivity index (χ1) is 10.0. The van der Waals surface area contributed by atoms with Crippen LogP contribution in [0.3, 0.4) is 0 Å². The number of nitriles is 1. The molecule has 0 aliphatic heterocycles. The van der Waals surface area contributed by atoms with Gasteiger partial charge in [0.1, 0.15) is 12.4 Å². The fourth-order valence-corrected chi connectivity index (χ4v) is 1.89. The molecule has 21 heavy (non-hydrogen) atoms. The molecule has 0 bridgehead atoms. The molecule has 0 aliphatic rings. The number of nitrogens with zero attached hydrogens (tertiary/aromatic N) is 1. The van der Waals surface area contributed by atoms with Crippen molar-refractivity contribution >= 4 is 11.7 Å². The van der Waals surface area contributed by atoms with Crippen LogP contribution < -0.4 is 5.73 Å². The van der Waals surface area contributed by atoms with Gasteiger partial charge < -0.3 is 10.5 Å². The minimum Gasteiger partial charge on any atom is -0.457 e. The van der Waals surface area contributed by atoms with Crippen LogP contribution in [0.5, 0.6) is 0 Å². The van der Waals surface area contributed by atoms with Crippen LogP contribution in [-0.4, -0.2) is 5.97 Å². The van der Waals surface area contributed by atoms with Gasteiger partial charge in [-0.05, 0) is 42.8 Å². The Labute approximate surface area is 121 Å². The summed E-state index contributed by atoms with van der Waals surface area (Å²) in [5.41, 5.74) is 7.80. The van der Waals surface area contributed by atoms with Gasteiger partial charge in [0, 0.05) is 11.3 Å². The van der Waals surface area contributed by atoms with Gasteiger partial charge >= 0.3 is 5.97 Å². The smallest absolute Gasteiger partial charge is 0.338 e. The van der Waals surface area contributed by atoms with Gasteiger partial charge in [0.15, 0.2) is 0 Å². The number of carbonyl (C=O) groups excluding carboxylic acids is 1. The van der Waals surface area contributed by atoms with Crippen molar-refractivity contribution in [3.05, 3.63) is 64.5 Å². The third-order valence-corrected chi connectivity index (χ3v) is 3.14. The van der Waals surface area contributed by atoms with E-state index in [1.54, 1.807) is 25.1 Å². The van der Waals surface area contributed by atoms with E-state index in [9.17, 15) is 9.18 Å². The molecule has 0 fully saturated rings. The fraction of sp³-hybridized carbons (Fsp3) is 0.125. The molecule has 0 spiro atoms. The second-order valence-corrected chi connectivity index (χ2v) is 4.51. The molecule has 0 saturated heterocycles. The highest BCUT2D eigenvalue weighted by molar-refractivity contribution is 5.92. The molecule has 2 N–H and O–H groups in total. The first-order valence-corrected chi connectivity index (χ1v) is 6.23. The highest BCUT2D eigenvalue weighted by atomic mass is 19.1. The van der Waals surface area contributed by atoms with Crippen LogP contribution in [0.1, 0.15) is 27.0 Å². The molecular weight excluding hydrogens is 271 g/mol. The minimum absolute atomic E-state index is 0.173. The second kappa shape index (κ2) is 6.06. The Bertz CT molecular complexity index is 736. The summed E-state index contributed by atoms with van der Waals surface area (Å²) in [6.07, 6.45) is 0. The topological polar surface area (TPSA) is 76.1 Å². The summed E-state index contributed by atoms with van der Waals surface area (Å²) >= 11 is 0. The molecule has 0 heterocycles. The number of esters is 1. The van der Waals surface area contributed by atoms with Gasteiger partial charge in [0.2, 0.25) is 0 Å². The Balaban J connectivity index is 2.17. The number of hydrogen-bond donors (Lipinski definition) is 1. The zero-order valence-electron chi connectivity index (χ0n) is 11.4. The van der Waals surface area contributed by atoms with Gasteiger partial charge in [-0.25, -0.2) is 9.18 Å². The van der Waals surface area contributed by atoms with Crippen molar-refractivity contribution in [2.45, 2.75) is 13.5 Å². The zero-order valence-corrected chi connectivity index (χ0v) is 11.4. The summed E-state index contributed by atoms with van der Waals surface area (Å²) in [7, 11) is 0. The Morgan fingerprint density at radius 1 is 1.38 bits per heavy atom. The van der Waals surface area contributed by atoms with Gasteiger partial charge in [0.05, 0.1) is 17.2 Å².